The van der Waals surface area contributed by atoms with Gasteiger partial charge in [-0.05, 0) is 37.8 Å². The number of benzene rings is 1. The Hall–Kier alpha value is -1.60. The Kier molecular flexibility index (Phi) is 8.21. The maximum absolute atomic E-state index is 12.7. The minimum atomic E-state index is -4.34. The van der Waals surface area contributed by atoms with Crippen molar-refractivity contribution in [3.05, 3.63) is 35.4 Å². The first-order chi connectivity index (χ1) is 11.3. The van der Waals surface area contributed by atoms with Crippen molar-refractivity contribution in [3.8, 4) is 0 Å². The quantitative estimate of drug-likeness (QED) is 0.723. The average Bonchev–Trinajstić information content (AvgIpc) is 2.56. The van der Waals surface area contributed by atoms with Gasteiger partial charge in [0.05, 0.1) is 11.6 Å². The van der Waals surface area contributed by atoms with Crippen LogP contribution in [-0.4, -0.2) is 44.0 Å². The minimum absolute atomic E-state index is 0.0755. The summed E-state index contributed by atoms with van der Waals surface area (Å²) >= 11 is 0. The molecule has 1 aromatic carbocycles. The molecule has 24 heavy (non-hydrogen) atoms. The van der Waals surface area contributed by atoms with Gasteiger partial charge in [0, 0.05) is 19.5 Å². The summed E-state index contributed by atoms with van der Waals surface area (Å²) in [6.07, 6.45) is -3.97. The summed E-state index contributed by atoms with van der Waals surface area (Å²) in [6, 6.07) is 5.02. The molecule has 0 radical (unpaired) electrons. The fraction of sp³-hybridized carbons (Fsp3) is 0.588. The molecule has 136 valence electrons. The predicted molar refractivity (Wildman–Crippen MR) is 88.7 cm³/mol. The monoisotopic (exact) mass is 345 g/mol. The van der Waals surface area contributed by atoms with Gasteiger partial charge in [0.1, 0.15) is 0 Å². The molecule has 0 aliphatic rings. The summed E-state index contributed by atoms with van der Waals surface area (Å²) in [6.45, 7) is 6.42. The largest absolute Gasteiger partial charge is 0.416 e. The van der Waals surface area contributed by atoms with Crippen molar-refractivity contribution in [1.82, 2.24) is 15.5 Å². The molecule has 0 heterocycles. The van der Waals surface area contributed by atoms with Gasteiger partial charge in [-0.2, -0.15) is 13.2 Å². The van der Waals surface area contributed by atoms with Crippen LogP contribution in [0.3, 0.4) is 0 Å². The molecule has 0 saturated carbocycles. The van der Waals surface area contributed by atoms with E-state index in [1.54, 1.807) is 7.05 Å². The first kappa shape index (κ1) is 20.4. The van der Waals surface area contributed by atoms with Gasteiger partial charge < -0.3 is 10.6 Å². The van der Waals surface area contributed by atoms with Crippen molar-refractivity contribution >= 4 is 5.91 Å². The van der Waals surface area contributed by atoms with E-state index in [0.29, 0.717) is 19.5 Å². The Balaban J connectivity index is 2.87. The van der Waals surface area contributed by atoms with E-state index in [2.05, 4.69) is 15.5 Å². The topological polar surface area (TPSA) is 44.4 Å². The summed E-state index contributed by atoms with van der Waals surface area (Å²) in [5.74, 6) is -0.0755. The van der Waals surface area contributed by atoms with E-state index in [1.807, 2.05) is 13.8 Å². The van der Waals surface area contributed by atoms with Crippen molar-refractivity contribution in [3.63, 3.8) is 0 Å². The number of rotatable bonds is 9. The molecule has 1 amide bonds. The number of nitrogens with one attached hydrogen (secondary N) is 2. The van der Waals surface area contributed by atoms with Crippen molar-refractivity contribution in [2.24, 2.45) is 0 Å². The normalized spacial score (nSPS) is 13.1. The molecule has 0 saturated heterocycles. The number of amides is 1. The standard InChI is InChI=1S/C17H26F3N3O/c1-4-23(5-2)15(12-22-16(24)10-11-21-3)13-6-8-14(9-7-13)17(18,19)20/h6-9,15,21H,4-5,10-12H2,1-3H3,(H,22,24). The average molecular weight is 345 g/mol. The zero-order valence-corrected chi connectivity index (χ0v) is 14.4. The zero-order chi connectivity index (χ0) is 18.2. The van der Waals surface area contributed by atoms with E-state index in [1.165, 1.54) is 12.1 Å². The summed E-state index contributed by atoms with van der Waals surface area (Å²) in [5, 5.41) is 5.77. The van der Waals surface area contributed by atoms with Crippen LogP contribution in [0.25, 0.3) is 0 Å². The Morgan fingerprint density at radius 1 is 1.17 bits per heavy atom. The van der Waals surface area contributed by atoms with E-state index >= 15 is 0 Å². The van der Waals surface area contributed by atoms with Crippen LogP contribution in [-0.2, 0) is 11.0 Å². The number of alkyl halides is 3. The maximum atomic E-state index is 12.7. The van der Waals surface area contributed by atoms with Crippen LogP contribution in [0.2, 0.25) is 0 Å². The van der Waals surface area contributed by atoms with Gasteiger partial charge in [-0.25, -0.2) is 0 Å². The Labute approximate surface area is 141 Å². The molecule has 7 heteroatoms. The Morgan fingerprint density at radius 3 is 2.21 bits per heavy atom. The zero-order valence-electron chi connectivity index (χ0n) is 14.4. The summed E-state index contributed by atoms with van der Waals surface area (Å²) < 4.78 is 38.1. The van der Waals surface area contributed by atoms with Gasteiger partial charge >= 0.3 is 6.18 Å². The third-order valence-electron chi connectivity index (χ3n) is 3.97. The van der Waals surface area contributed by atoms with Crippen LogP contribution in [0, 0.1) is 0 Å². The third kappa shape index (κ3) is 6.13. The SMILES string of the molecule is CCN(CC)C(CNC(=O)CCNC)c1ccc(C(F)(F)F)cc1. The van der Waals surface area contributed by atoms with E-state index < -0.39 is 11.7 Å². The lowest BCUT2D eigenvalue weighted by Crippen LogP contribution is -2.38. The van der Waals surface area contributed by atoms with Crippen LogP contribution >= 0.6 is 0 Å². The highest BCUT2D eigenvalue weighted by Crippen LogP contribution is 2.30. The van der Waals surface area contributed by atoms with Crippen LogP contribution < -0.4 is 10.6 Å². The Bertz CT molecular complexity index is 499. The molecule has 1 aromatic rings. The lowest BCUT2D eigenvalue weighted by Gasteiger charge is -2.30. The molecule has 1 atom stereocenters. The van der Waals surface area contributed by atoms with Crippen LogP contribution in [0.15, 0.2) is 24.3 Å². The number of carbonyl (C=O) groups excluding carboxylic acids is 1. The highest BCUT2D eigenvalue weighted by atomic mass is 19.4. The summed E-state index contributed by atoms with van der Waals surface area (Å²) in [5.41, 5.74) is 0.100. The summed E-state index contributed by atoms with van der Waals surface area (Å²) in [7, 11) is 1.77. The number of hydrogen-bond acceptors (Lipinski definition) is 3. The second-order valence-electron chi connectivity index (χ2n) is 5.51. The summed E-state index contributed by atoms with van der Waals surface area (Å²) in [4.78, 5) is 13.9. The smallest absolute Gasteiger partial charge is 0.354 e. The van der Waals surface area contributed by atoms with E-state index in [9.17, 15) is 18.0 Å². The van der Waals surface area contributed by atoms with Gasteiger partial charge in [-0.1, -0.05) is 26.0 Å². The Morgan fingerprint density at radius 2 is 1.75 bits per heavy atom. The fourth-order valence-electron chi connectivity index (χ4n) is 2.55. The molecule has 1 unspecified atom stereocenters. The number of halogens is 3. The van der Waals surface area contributed by atoms with Crippen molar-refractivity contribution in [2.45, 2.75) is 32.5 Å². The lowest BCUT2D eigenvalue weighted by molar-refractivity contribution is -0.137. The molecule has 4 nitrogen and oxygen atoms in total. The van der Waals surface area contributed by atoms with Crippen molar-refractivity contribution in [1.29, 1.82) is 0 Å². The molecule has 1 rings (SSSR count). The van der Waals surface area contributed by atoms with Crippen LogP contribution in [0.4, 0.5) is 13.2 Å². The van der Waals surface area contributed by atoms with E-state index in [4.69, 9.17) is 0 Å². The molecular formula is C17H26F3N3O. The van der Waals surface area contributed by atoms with Crippen molar-refractivity contribution < 1.29 is 18.0 Å². The van der Waals surface area contributed by atoms with E-state index in [-0.39, 0.29) is 11.9 Å². The first-order valence-electron chi connectivity index (χ1n) is 8.15. The number of likely N-dealkylation sites (N-methyl/N-ethyl adjacent to an activating group) is 1. The van der Waals surface area contributed by atoms with Gasteiger partial charge in [-0.15, -0.1) is 0 Å². The molecule has 0 aromatic heterocycles. The first-order valence-corrected chi connectivity index (χ1v) is 8.15. The highest BCUT2D eigenvalue weighted by Gasteiger charge is 2.30. The molecular weight excluding hydrogens is 319 g/mol. The van der Waals surface area contributed by atoms with Crippen molar-refractivity contribution in [2.75, 3.05) is 33.2 Å². The second-order valence-corrected chi connectivity index (χ2v) is 5.51. The van der Waals surface area contributed by atoms with Crippen LogP contribution in [0.1, 0.15) is 37.4 Å². The number of nitrogens with zero attached hydrogens (tertiary/aromatic N) is 1. The third-order valence-corrected chi connectivity index (χ3v) is 3.97. The molecule has 0 aliphatic heterocycles. The van der Waals surface area contributed by atoms with Gasteiger partial charge in [0.15, 0.2) is 0 Å². The molecule has 0 aliphatic carbocycles. The van der Waals surface area contributed by atoms with Crippen LogP contribution in [0.5, 0.6) is 0 Å². The fourth-order valence-corrected chi connectivity index (χ4v) is 2.55. The highest BCUT2D eigenvalue weighted by molar-refractivity contribution is 5.76. The van der Waals surface area contributed by atoms with E-state index in [0.717, 1.165) is 30.8 Å². The number of carbonyl (C=O) groups is 1. The second kappa shape index (κ2) is 9.64. The van der Waals surface area contributed by atoms with Gasteiger partial charge in [0.2, 0.25) is 5.91 Å². The van der Waals surface area contributed by atoms with Gasteiger partial charge in [0.25, 0.3) is 0 Å². The number of hydrogen-bond donors (Lipinski definition) is 2. The molecule has 0 spiro atoms. The van der Waals surface area contributed by atoms with Gasteiger partial charge in [-0.3, -0.25) is 9.69 Å². The predicted octanol–water partition coefficient (Wildman–Crippen LogP) is 2.81. The molecule has 2 N–H and O–H groups in total. The molecule has 0 fully saturated rings. The maximum Gasteiger partial charge on any atom is 0.416 e. The lowest BCUT2D eigenvalue weighted by atomic mass is 10.0. The minimum Gasteiger partial charge on any atom is -0.354 e. The molecule has 0 bridgehead atoms.